The van der Waals surface area contributed by atoms with Crippen LogP contribution in [0.4, 0.5) is 11.6 Å². The molecule has 242 valence electrons. The van der Waals surface area contributed by atoms with Crippen molar-refractivity contribution in [2.45, 2.75) is 26.4 Å². The van der Waals surface area contributed by atoms with Gasteiger partial charge in [-0.25, -0.2) is 0 Å². The van der Waals surface area contributed by atoms with E-state index < -0.39 is 0 Å². The number of H-pyrrole nitrogens is 2. The quantitative estimate of drug-likeness (QED) is 0.0546. The van der Waals surface area contributed by atoms with Crippen molar-refractivity contribution in [3.63, 3.8) is 0 Å². The summed E-state index contributed by atoms with van der Waals surface area (Å²) >= 11 is 0. The second-order valence-electron chi connectivity index (χ2n) is 11.8. The van der Waals surface area contributed by atoms with Crippen LogP contribution in [-0.2, 0) is 4.74 Å². The smallest absolute Gasteiger partial charge is 0.153 e. The number of aromatic amines is 2. The van der Waals surface area contributed by atoms with Gasteiger partial charge in [0.1, 0.15) is 36.1 Å². The van der Waals surface area contributed by atoms with Crippen molar-refractivity contribution in [2.75, 3.05) is 24.7 Å². The fraction of sp³-hybridized carbons (Fsp3) is 0.167. The van der Waals surface area contributed by atoms with Gasteiger partial charge in [-0.3, -0.25) is 16.0 Å². The predicted octanol–water partition coefficient (Wildman–Crippen LogP) is 6.69. The number of ether oxygens (including phenoxy) is 3. The highest BCUT2D eigenvalue weighted by Gasteiger charge is 2.14. The monoisotopic (exact) mass is 632 g/mol. The Bertz CT molecular complexity index is 2020. The Labute approximate surface area is 273 Å². The molecule has 0 spiro atoms. The third-order valence-electron chi connectivity index (χ3n) is 7.03. The highest BCUT2D eigenvalue weighted by Crippen LogP contribution is 2.34. The van der Waals surface area contributed by atoms with E-state index in [2.05, 4.69) is 39.0 Å². The van der Waals surface area contributed by atoms with E-state index in [1.165, 1.54) is 0 Å². The number of rotatable bonds is 10. The van der Waals surface area contributed by atoms with E-state index in [0.717, 1.165) is 55.6 Å². The Morgan fingerprint density at radius 2 is 1.19 bits per heavy atom. The van der Waals surface area contributed by atoms with Crippen LogP contribution in [0.15, 0.2) is 110 Å². The van der Waals surface area contributed by atoms with E-state index in [1.807, 2.05) is 106 Å². The van der Waals surface area contributed by atoms with Crippen LogP contribution in [-0.4, -0.2) is 39.2 Å². The van der Waals surface area contributed by atoms with Gasteiger partial charge in [-0.1, -0.05) is 61.7 Å². The van der Waals surface area contributed by atoms with Crippen molar-refractivity contribution in [1.82, 2.24) is 25.8 Å². The molecule has 11 heteroatoms. The molecule has 0 saturated carbocycles. The van der Waals surface area contributed by atoms with Gasteiger partial charge in [-0.05, 0) is 68.3 Å². The molecule has 0 unspecified atom stereocenters. The highest BCUT2D eigenvalue weighted by atomic mass is 16.5. The number of nitrogens with zero attached hydrogens (tertiary/aromatic N) is 2. The summed E-state index contributed by atoms with van der Waals surface area (Å²) in [5.74, 6) is 8.38. The normalized spacial score (nSPS) is 11.1. The Balaban J connectivity index is 0.000000186. The van der Waals surface area contributed by atoms with Crippen LogP contribution in [0.5, 0.6) is 11.5 Å². The molecule has 0 fully saturated rings. The Hall–Kier alpha value is -5.94. The van der Waals surface area contributed by atoms with Crippen molar-refractivity contribution >= 4 is 33.4 Å². The van der Waals surface area contributed by atoms with Gasteiger partial charge >= 0.3 is 0 Å². The van der Waals surface area contributed by atoms with Crippen LogP contribution in [0.3, 0.4) is 0 Å². The SMILES string of the molecule is C=C(COc1ccccc1-c1ccc2[nH]nc(N)c2c1)NN.C=C(COc1ccccc1-c1ccc2[nH]nc(N)c2c1)OC(C)(C)C. The molecule has 9 N–H and O–H groups in total. The highest BCUT2D eigenvalue weighted by molar-refractivity contribution is 5.93. The second-order valence-corrected chi connectivity index (χ2v) is 11.8. The van der Waals surface area contributed by atoms with Gasteiger partial charge in [-0.2, -0.15) is 10.2 Å². The molecule has 0 saturated heterocycles. The van der Waals surface area contributed by atoms with Crippen molar-refractivity contribution in [3.05, 3.63) is 110 Å². The van der Waals surface area contributed by atoms with Crippen molar-refractivity contribution in [2.24, 2.45) is 5.84 Å². The zero-order valence-electron chi connectivity index (χ0n) is 26.8. The minimum absolute atomic E-state index is 0.288. The van der Waals surface area contributed by atoms with Gasteiger partial charge < -0.3 is 31.1 Å². The molecular formula is C36H40N8O3. The van der Waals surface area contributed by atoms with Crippen LogP contribution in [0, 0.1) is 0 Å². The van der Waals surface area contributed by atoms with Crippen molar-refractivity contribution < 1.29 is 14.2 Å². The summed E-state index contributed by atoms with van der Waals surface area (Å²) in [7, 11) is 0. The Kier molecular flexibility index (Phi) is 9.67. The van der Waals surface area contributed by atoms with Crippen LogP contribution in [0.25, 0.3) is 44.1 Å². The van der Waals surface area contributed by atoms with E-state index in [-0.39, 0.29) is 5.60 Å². The zero-order chi connectivity index (χ0) is 33.6. The molecule has 4 aromatic carbocycles. The number of hydrazine groups is 1. The van der Waals surface area contributed by atoms with E-state index in [0.29, 0.717) is 36.3 Å². The van der Waals surface area contributed by atoms with Gasteiger partial charge in [0.05, 0.1) is 16.7 Å². The minimum atomic E-state index is -0.288. The molecule has 0 amide bonds. The lowest BCUT2D eigenvalue weighted by Gasteiger charge is -2.23. The van der Waals surface area contributed by atoms with Crippen LogP contribution in [0.1, 0.15) is 20.8 Å². The number of hydrogen-bond donors (Lipinski definition) is 6. The molecule has 2 aromatic heterocycles. The lowest BCUT2D eigenvalue weighted by atomic mass is 10.0. The minimum Gasteiger partial charge on any atom is -0.489 e. The number of nitrogens with two attached hydrogens (primary N) is 3. The third-order valence-corrected chi connectivity index (χ3v) is 7.03. The maximum atomic E-state index is 5.94. The molecule has 0 aliphatic carbocycles. The van der Waals surface area contributed by atoms with E-state index in [1.54, 1.807) is 0 Å². The molecule has 47 heavy (non-hydrogen) atoms. The fourth-order valence-electron chi connectivity index (χ4n) is 4.89. The lowest BCUT2D eigenvalue weighted by molar-refractivity contribution is 0.0374. The van der Waals surface area contributed by atoms with E-state index in [4.69, 9.17) is 31.5 Å². The fourth-order valence-corrected chi connectivity index (χ4v) is 4.89. The van der Waals surface area contributed by atoms with Gasteiger partial charge in [-0.15, -0.1) is 0 Å². The maximum absolute atomic E-state index is 5.94. The summed E-state index contributed by atoms with van der Waals surface area (Å²) in [6.45, 7) is 14.2. The predicted molar refractivity (Wildman–Crippen MR) is 189 cm³/mol. The van der Waals surface area contributed by atoms with Gasteiger partial charge in [0.2, 0.25) is 0 Å². The first-order valence-electron chi connectivity index (χ1n) is 14.9. The zero-order valence-corrected chi connectivity index (χ0v) is 26.8. The van der Waals surface area contributed by atoms with Crippen LogP contribution < -0.4 is 32.2 Å². The number of fused-ring (bicyclic) bond motifs is 2. The largest absolute Gasteiger partial charge is 0.489 e. The third kappa shape index (κ3) is 8.02. The number of hydrogen-bond acceptors (Lipinski definition) is 9. The standard InChI is InChI=1S/C20H23N3O2.C16H17N5O/c1-13(25-20(2,3)4)12-24-18-8-6-5-7-15(18)14-9-10-17-16(11-14)19(21)23-22-17;1-10(19-18)9-22-15-5-3-2-4-12(15)11-6-7-14-13(8-11)16(17)21-20-14/h5-11H,1,12H2,2-4H3,(H3,21,22,23);2-8,19H,1,9,18H2,(H3,17,20,21). The number of benzene rings is 4. The summed E-state index contributed by atoms with van der Waals surface area (Å²) in [5.41, 5.74) is 20.3. The second kappa shape index (κ2) is 14.0. The molecule has 6 aromatic rings. The summed E-state index contributed by atoms with van der Waals surface area (Å²) in [4.78, 5) is 0. The number of nitrogens with one attached hydrogen (secondary N) is 3. The first-order valence-corrected chi connectivity index (χ1v) is 14.9. The number of aromatic nitrogens is 4. The molecule has 0 aliphatic rings. The average molecular weight is 633 g/mol. The first-order chi connectivity index (χ1) is 22.5. The molecular weight excluding hydrogens is 592 g/mol. The maximum Gasteiger partial charge on any atom is 0.153 e. The van der Waals surface area contributed by atoms with Gasteiger partial charge in [0.25, 0.3) is 0 Å². The molecule has 0 bridgehead atoms. The Morgan fingerprint density at radius 3 is 1.66 bits per heavy atom. The molecule has 6 rings (SSSR count). The molecule has 0 radical (unpaired) electrons. The average Bonchev–Trinajstić information content (AvgIpc) is 3.63. The van der Waals surface area contributed by atoms with E-state index in [9.17, 15) is 0 Å². The summed E-state index contributed by atoms with van der Waals surface area (Å²) in [5, 5.41) is 15.6. The van der Waals surface area contributed by atoms with E-state index >= 15 is 0 Å². The summed E-state index contributed by atoms with van der Waals surface area (Å²) < 4.78 is 17.4. The van der Waals surface area contributed by atoms with Crippen LogP contribution >= 0.6 is 0 Å². The number of nitrogen functional groups attached to an aromatic ring is 2. The van der Waals surface area contributed by atoms with Gasteiger partial charge in [0, 0.05) is 21.9 Å². The van der Waals surface area contributed by atoms with Gasteiger partial charge in [0.15, 0.2) is 11.6 Å². The molecule has 2 heterocycles. The first kappa shape index (κ1) is 32.5. The number of para-hydroxylation sites is 2. The Morgan fingerprint density at radius 1 is 0.723 bits per heavy atom. The van der Waals surface area contributed by atoms with Crippen LogP contribution in [0.2, 0.25) is 0 Å². The molecule has 0 aliphatic heterocycles. The lowest BCUT2D eigenvalue weighted by Crippen LogP contribution is -2.24. The summed E-state index contributed by atoms with van der Waals surface area (Å²) in [6, 6.07) is 27.6. The molecule has 0 atom stereocenters. The van der Waals surface area contributed by atoms with Crippen molar-refractivity contribution in [3.8, 4) is 33.8 Å². The topological polar surface area (TPSA) is 175 Å². The summed E-state index contributed by atoms with van der Waals surface area (Å²) in [6.07, 6.45) is 0. The number of anilines is 2. The molecule has 11 nitrogen and oxygen atoms in total. The van der Waals surface area contributed by atoms with Crippen molar-refractivity contribution in [1.29, 1.82) is 0 Å².